The SMILES string of the molecule is CCCN(CC1CC1)C(=O)NC[C@H](c1cccc(OC)c1OC)c1c[nH]c2ccccc12. The predicted octanol–water partition coefficient (Wildman–Crippen LogP) is 5.15. The summed E-state index contributed by atoms with van der Waals surface area (Å²) in [7, 11) is 3.30. The van der Waals surface area contributed by atoms with E-state index in [0.29, 0.717) is 24.0 Å². The minimum absolute atomic E-state index is 0.00505. The highest BCUT2D eigenvalue weighted by molar-refractivity contribution is 5.84. The fraction of sp³-hybridized carbons (Fsp3) is 0.423. The molecule has 1 aromatic heterocycles. The van der Waals surface area contributed by atoms with Gasteiger partial charge in [-0.25, -0.2) is 4.79 Å². The highest BCUT2D eigenvalue weighted by Gasteiger charge is 2.28. The number of H-pyrrole nitrogens is 1. The third kappa shape index (κ3) is 4.69. The third-order valence-electron chi connectivity index (χ3n) is 6.22. The Morgan fingerprint density at radius 3 is 2.66 bits per heavy atom. The number of carbonyl (C=O) groups is 1. The van der Waals surface area contributed by atoms with E-state index in [1.165, 1.54) is 12.8 Å². The fourth-order valence-corrected chi connectivity index (χ4v) is 4.42. The van der Waals surface area contributed by atoms with Gasteiger partial charge in [0.1, 0.15) is 0 Å². The minimum atomic E-state index is -0.0930. The number of hydrogen-bond acceptors (Lipinski definition) is 3. The molecule has 0 unspecified atom stereocenters. The van der Waals surface area contributed by atoms with Crippen molar-refractivity contribution in [2.24, 2.45) is 5.92 Å². The Balaban J connectivity index is 1.66. The fourth-order valence-electron chi connectivity index (χ4n) is 4.42. The van der Waals surface area contributed by atoms with Crippen LogP contribution in [0.3, 0.4) is 0 Å². The molecule has 1 heterocycles. The second-order valence-corrected chi connectivity index (χ2v) is 8.50. The van der Waals surface area contributed by atoms with Crippen molar-refractivity contribution in [1.29, 1.82) is 0 Å². The van der Waals surface area contributed by atoms with Gasteiger partial charge in [0.15, 0.2) is 11.5 Å². The van der Waals surface area contributed by atoms with Crippen molar-refractivity contribution >= 4 is 16.9 Å². The number of nitrogens with zero attached hydrogens (tertiary/aromatic N) is 1. The third-order valence-corrected chi connectivity index (χ3v) is 6.22. The van der Waals surface area contributed by atoms with Crippen molar-refractivity contribution in [2.45, 2.75) is 32.1 Å². The van der Waals surface area contributed by atoms with Gasteiger partial charge in [0.05, 0.1) is 14.2 Å². The van der Waals surface area contributed by atoms with Gasteiger partial charge in [-0.15, -0.1) is 0 Å². The van der Waals surface area contributed by atoms with Crippen LogP contribution in [0.15, 0.2) is 48.7 Å². The lowest BCUT2D eigenvalue weighted by atomic mass is 9.90. The van der Waals surface area contributed by atoms with Gasteiger partial charge in [-0.3, -0.25) is 0 Å². The number of nitrogens with one attached hydrogen (secondary N) is 2. The van der Waals surface area contributed by atoms with Crippen LogP contribution in [-0.2, 0) is 0 Å². The summed E-state index contributed by atoms with van der Waals surface area (Å²) >= 11 is 0. The Labute approximate surface area is 189 Å². The first-order valence-corrected chi connectivity index (χ1v) is 11.5. The van der Waals surface area contributed by atoms with Crippen molar-refractivity contribution in [2.75, 3.05) is 33.9 Å². The highest BCUT2D eigenvalue weighted by atomic mass is 16.5. The number of rotatable bonds is 10. The average Bonchev–Trinajstić information content (AvgIpc) is 3.55. The quantitative estimate of drug-likeness (QED) is 0.463. The molecule has 6 nitrogen and oxygen atoms in total. The normalized spacial score (nSPS) is 14.2. The van der Waals surface area contributed by atoms with Gasteiger partial charge >= 0.3 is 6.03 Å². The van der Waals surface area contributed by atoms with Crippen molar-refractivity contribution in [3.05, 3.63) is 59.8 Å². The lowest BCUT2D eigenvalue weighted by Gasteiger charge is -2.26. The summed E-state index contributed by atoms with van der Waals surface area (Å²) in [5, 5.41) is 4.36. The number of carbonyl (C=O) groups excluding carboxylic acids is 1. The first kappa shape index (κ1) is 22.1. The zero-order valence-corrected chi connectivity index (χ0v) is 19.2. The molecular formula is C26H33N3O3. The summed E-state index contributed by atoms with van der Waals surface area (Å²) in [4.78, 5) is 18.4. The molecule has 3 aromatic rings. The maximum atomic E-state index is 13.1. The summed E-state index contributed by atoms with van der Waals surface area (Å²) in [5.41, 5.74) is 3.18. The molecule has 0 spiro atoms. The molecule has 6 heteroatoms. The molecule has 1 aliphatic carbocycles. The number of aromatic nitrogens is 1. The van der Waals surface area contributed by atoms with E-state index in [9.17, 15) is 4.79 Å². The van der Waals surface area contributed by atoms with E-state index < -0.39 is 0 Å². The minimum Gasteiger partial charge on any atom is -0.493 e. The maximum absolute atomic E-state index is 13.1. The Hall–Kier alpha value is -3.15. The first-order valence-electron chi connectivity index (χ1n) is 11.5. The summed E-state index contributed by atoms with van der Waals surface area (Å²) in [5.74, 6) is 1.95. The Bertz CT molecular complexity index is 1060. The van der Waals surface area contributed by atoms with Crippen molar-refractivity contribution in [1.82, 2.24) is 15.2 Å². The zero-order chi connectivity index (χ0) is 22.5. The summed E-state index contributed by atoms with van der Waals surface area (Å²) in [6, 6.07) is 14.2. The number of urea groups is 1. The van der Waals surface area contributed by atoms with Gasteiger partial charge in [-0.1, -0.05) is 37.3 Å². The lowest BCUT2D eigenvalue weighted by molar-refractivity contribution is 0.195. The van der Waals surface area contributed by atoms with Gasteiger partial charge in [0.2, 0.25) is 0 Å². The molecule has 1 fully saturated rings. The zero-order valence-electron chi connectivity index (χ0n) is 19.2. The predicted molar refractivity (Wildman–Crippen MR) is 128 cm³/mol. The monoisotopic (exact) mass is 435 g/mol. The van der Waals surface area contributed by atoms with Crippen LogP contribution in [0.4, 0.5) is 4.79 Å². The molecule has 32 heavy (non-hydrogen) atoms. The number of benzene rings is 2. The molecule has 1 aliphatic rings. The van der Waals surface area contributed by atoms with E-state index in [4.69, 9.17) is 9.47 Å². The average molecular weight is 436 g/mol. The molecule has 1 saturated carbocycles. The molecule has 2 aromatic carbocycles. The maximum Gasteiger partial charge on any atom is 0.317 e. The molecule has 2 amide bonds. The number of ether oxygens (including phenoxy) is 2. The van der Waals surface area contributed by atoms with E-state index in [2.05, 4.69) is 29.4 Å². The van der Waals surface area contributed by atoms with Crippen LogP contribution in [0.2, 0.25) is 0 Å². The Morgan fingerprint density at radius 2 is 1.94 bits per heavy atom. The van der Waals surface area contributed by atoms with Crippen LogP contribution in [0.5, 0.6) is 11.5 Å². The lowest BCUT2D eigenvalue weighted by Crippen LogP contribution is -2.43. The van der Waals surface area contributed by atoms with E-state index in [-0.39, 0.29) is 11.9 Å². The van der Waals surface area contributed by atoms with E-state index in [1.807, 2.05) is 41.4 Å². The van der Waals surface area contributed by atoms with Gasteiger partial charge in [-0.2, -0.15) is 0 Å². The second kappa shape index (κ2) is 9.98. The van der Waals surface area contributed by atoms with Crippen LogP contribution in [0.1, 0.15) is 43.2 Å². The summed E-state index contributed by atoms with van der Waals surface area (Å²) < 4.78 is 11.3. The van der Waals surface area contributed by atoms with E-state index in [1.54, 1.807) is 14.2 Å². The van der Waals surface area contributed by atoms with Crippen LogP contribution < -0.4 is 14.8 Å². The molecule has 0 aliphatic heterocycles. The molecule has 2 N–H and O–H groups in total. The second-order valence-electron chi connectivity index (χ2n) is 8.50. The van der Waals surface area contributed by atoms with Crippen molar-refractivity contribution in [3.63, 3.8) is 0 Å². The smallest absolute Gasteiger partial charge is 0.317 e. The van der Waals surface area contributed by atoms with Gasteiger partial charge < -0.3 is 24.7 Å². The molecule has 170 valence electrons. The summed E-state index contributed by atoms with van der Waals surface area (Å²) in [6.07, 6.45) is 5.45. The standard InChI is InChI=1S/C26H33N3O3/c1-4-14-29(17-18-12-13-18)26(30)28-16-22(20-9-7-11-24(31-2)25(20)32-3)21-15-27-23-10-6-5-8-19(21)23/h5-11,15,18,22,27H,4,12-14,16-17H2,1-3H3,(H,28,30)/t22-/m1/s1. The Morgan fingerprint density at radius 1 is 1.12 bits per heavy atom. The molecule has 4 rings (SSSR count). The largest absolute Gasteiger partial charge is 0.493 e. The number of fused-ring (bicyclic) bond motifs is 1. The molecule has 0 radical (unpaired) electrons. The highest BCUT2D eigenvalue weighted by Crippen LogP contribution is 2.40. The molecular weight excluding hydrogens is 402 g/mol. The molecule has 0 bridgehead atoms. The van der Waals surface area contributed by atoms with E-state index >= 15 is 0 Å². The first-order chi connectivity index (χ1) is 15.7. The number of amides is 2. The molecule has 0 saturated heterocycles. The topological polar surface area (TPSA) is 66.6 Å². The van der Waals surface area contributed by atoms with Gasteiger partial charge in [-0.05, 0) is 42.9 Å². The van der Waals surface area contributed by atoms with E-state index in [0.717, 1.165) is 41.5 Å². The number of hydrogen-bond donors (Lipinski definition) is 2. The van der Waals surface area contributed by atoms with Crippen LogP contribution in [-0.4, -0.2) is 49.8 Å². The molecule has 1 atom stereocenters. The summed E-state index contributed by atoms with van der Waals surface area (Å²) in [6.45, 7) is 4.21. The van der Waals surface area contributed by atoms with Crippen molar-refractivity contribution in [3.8, 4) is 11.5 Å². The number of aromatic amines is 1. The number of para-hydroxylation sites is 2. The van der Waals surface area contributed by atoms with Gasteiger partial charge in [0.25, 0.3) is 0 Å². The Kier molecular flexibility index (Phi) is 6.88. The number of methoxy groups -OCH3 is 2. The van der Waals surface area contributed by atoms with Crippen LogP contribution in [0, 0.1) is 5.92 Å². The van der Waals surface area contributed by atoms with Crippen LogP contribution in [0.25, 0.3) is 10.9 Å². The van der Waals surface area contributed by atoms with Gasteiger partial charge in [0, 0.05) is 48.2 Å². The van der Waals surface area contributed by atoms with Crippen molar-refractivity contribution < 1.29 is 14.3 Å². The van der Waals surface area contributed by atoms with Crippen LogP contribution >= 0.6 is 0 Å².